The zero-order valence-electron chi connectivity index (χ0n) is 8.66. The van der Waals surface area contributed by atoms with Crippen molar-refractivity contribution in [3.8, 4) is 0 Å². The first-order valence-electron chi connectivity index (χ1n) is 4.95. The molecule has 0 aliphatic carbocycles. The molecule has 1 unspecified atom stereocenters. The summed E-state index contributed by atoms with van der Waals surface area (Å²) in [4.78, 5) is 34.7. The molecular formula is C10H9BrN2O3S. The van der Waals surface area contributed by atoms with Crippen LogP contribution in [-0.4, -0.2) is 23.8 Å². The quantitative estimate of drug-likeness (QED) is 0.801. The molecule has 1 aromatic heterocycles. The number of rotatable bonds is 2. The SMILES string of the molecule is O=C1CCC(NC(=O)c2sccc2Br)C(=O)N1. The molecule has 0 spiro atoms. The van der Waals surface area contributed by atoms with Gasteiger partial charge < -0.3 is 5.32 Å². The van der Waals surface area contributed by atoms with Gasteiger partial charge in [0, 0.05) is 10.9 Å². The molecule has 1 saturated heterocycles. The number of imide groups is 1. The third-order valence-electron chi connectivity index (χ3n) is 2.37. The lowest BCUT2D eigenvalue weighted by Gasteiger charge is -2.21. The van der Waals surface area contributed by atoms with Crippen molar-refractivity contribution in [3.05, 3.63) is 20.8 Å². The van der Waals surface area contributed by atoms with Crippen molar-refractivity contribution in [2.24, 2.45) is 0 Å². The summed E-state index contributed by atoms with van der Waals surface area (Å²) < 4.78 is 0.701. The van der Waals surface area contributed by atoms with E-state index in [1.165, 1.54) is 11.3 Å². The molecule has 2 N–H and O–H groups in total. The minimum Gasteiger partial charge on any atom is -0.339 e. The predicted octanol–water partition coefficient (Wildman–Crippen LogP) is 1.05. The fourth-order valence-corrected chi connectivity index (χ4v) is 2.97. The molecule has 5 nitrogen and oxygen atoms in total. The van der Waals surface area contributed by atoms with E-state index in [2.05, 4.69) is 26.6 Å². The Balaban J connectivity index is 2.02. The number of halogens is 1. The molecule has 90 valence electrons. The number of hydrogen-bond acceptors (Lipinski definition) is 4. The van der Waals surface area contributed by atoms with Gasteiger partial charge in [-0.1, -0.05) is 0 Å². The van der Waals surface area contributed by atoms with E-state index in [0.29, 0.717) is 15.8 Å². The zero-order valence-corrected chi connectivity index (χ0v) is 11.1. The maximum absolute atomic E-state index is 11.8. The van der Waals surface area contributed by atoms with Crippen molar-refractivity contribution in [1.29, 1.82) is 0 Å². The Morgan fingerprint density at radius 2 is 2.29 bits per heavy atom. The molecule has 0 bridgehead atoms. The Morgan fingerprint density at radius 1 is 1.53 bits per heavy atom. The van der Waals surface area contributed by atoms with Crippen molar-refractivity contribution in [2.75, 3.05) is 0 Å². The molecule has 1 aliphatic rings. The number of thiophene rings is 1. The Labute approximate surface area is 110 Å². The topological polar surface area (TPSA) is 75.3 Å². The standard InChI is InChI=1S/C10H9BrN2O3S/c11-5-3-4-17-8(5)10(16)12-6-1-2-7(14)13-9(6)15/h3-4,6H,1-2H2,(H,12,16)(H,13,14,15). The largest absolute Gasteiger partial charge is 0.339 e. The van der Waals surface area contributed by atoms with Gasteiger partial charge in [0.05, 0.1) is 0 Å². The highest BCUT2D eigenvalue weighted by Gasteiger charge is 2.28. The van der Waals surface area contributed by atoms with Crippen LogP contribution >= 0.6 is 27.3 Å². The van der Waals surface area contributed by atoms with E-state index >= 15 is 0 Å². The minimum absolute atomic E-state index is 0.252. The van der Waals surface area contributed by atoms with Gasteiger partial charge in [0.25, 0.3) is 5.91 Å². The molecule has 0 radical (unpaired) electrons. The first-order valence-corrected chi connectivity index (χ1v) is 6.62. The summed E-state index contributed by atoms with van der Waals surface area (Å²) in [6.45, 7) is 0. The Bertz CT molecular complexity index is 486. The fourth-order valence-electron chi connectivity index (χ4n) is 1.51. The van der Waals surface area contributed by atoms with Crippen molar-refractivity contribution in [2.45, 2.75) is 18.9 Å². The molecule has 2 heterocycles. The number of carbonyl (C=O) groups is 3. The van der Waals surface area contributed by atoms with Crippen LogP contribution in [-0.2, 0) is 9.59 Å². The van der Waals surface area contributed by atoms with Crippen LogP contribution in [0.1, 0.15) is 22.5 Å². The van der Waals surface area contributed by atoms with Gasteiger partial charge in [-0.05, 0) is 33.8 Å². The lowest BCUT2D eigenvalue weighted by molar-refractivity contribution is -0.134. The van der Waals surface area contributed by atoms with E-state index in [4.69, 9.17) is 0 Å². The second-order valence-electron chi connectivity index (χ2n) is 3.57. The Morgan fingerprint density at radius 3 is 2.88 bits per heavy atom. The van der Waals surface area contributed by atoms with Gasteiger partial charge in [0.2, 0.25) is 11.8 Å². The summed E-state index contributed by atoms with van der Waals surface area (Å²) >= 11 is 4.54. The fraction of sp³-hybridized carbons (Fsp3) is 0.300. The molecule has 0 aromatic carbocycles. The first kappa shape index (κ1) is 12.3. The number of hydrogen-bond donors (Lipinski definition) is 2. The summed E-state index contributed by atoms with van der Waals surface area (Å²) in [5.74, 6) is -1.04. The smallest absolute Gasteiger partial charge is 0.263 e. The van der Waals surface area contributed by atoms with E-state index < -0.39 is 11.9 Å². The summed E-state index contributed by atoms with van der Waals surface area (Å²) in [6.07, 6.45) is 0.599. The van der Waals surface area contributed by atoms with Crippen LogP contribution in [0.5, 0.6) is 0 Å². The Hall–Kier alpha value is -1.21. The summed E-state index contributed by atoms with van der Waals surface area (Å²) in [5.41, 5.74) is 0. The van der Waals surface area contributed by atoms with Crippen LogP contribution in [0.2, 0.25) is 0 Å². The molecule has 2 rings (SSSR count). The van der Waals surface area contributed by atoms with Crippen LogP contribution < -0.4 is 10.6 Å². The maximum Gasteiger partial charge on any atom is 0.263 e. The van der Waals surface area contributed by atoms with Gasteiger partial charge in [-0.2, -0.15) is 0 Å². The van der Waals surface area contributed by atoms with E-state index in [9.17, 15) is 14.4 Å². The monoisotopic (exact) mass is 316 g/mol. The molecular weight excluding hydrogens is 308 g/mol. The normalized spacial score (nSPS) is 19.9. The van der Waals surface area contributed by atoms with Gasteiger partial charge in [-0.3, -0.25) is 19.7 Å². The van der Waals surface area contributed by atoms with Crippen molar-refractivity contribution in [1.82, 2.24) is 10.6 Å². The zero-order chi connectivity index (χ0) is 12.4. The molecule has 3 amide bonds. The average Bonchev–Trinajstić information content (AvgIpc) is 2.68. The van der Waals surface area contributed by atoms with Crippen LogP contribution in [0.4, 0.5) is 0 Å². The predicted molar refractivity (Wildman–Crippen MR) is 65.7 cm³/mol. The highest BCUT2D eigenvalue weighted by Crippen LogP contribution is 2.22. The van der Waals surface area contributed by atoms with Gasteiger partial charge in [0.15, 0.2) is 0 Å². The molecule has 1 aliphatic heterocycles. The van der Waals surface area contributed by atoms with Crippen molar-refractivity contribution < 1.29 is 14.4 Å². The second-order valence-corrected chi connectivity index (χ2v) is 5.35. The number of nitrogens with one attached hydrogen (secondary N) is 2. The van der Waals surface area contributed by atoms with E-state index in [1.807, 2.05) is 0 Å². The van der Waals surface area contributed by atoms with Gasteiger partial charge in [-0.25, -0.2) is 0 Å². The summed E-state index contributed by atoms with van der Waals surface area (Å²) in [5, 5.41) is 6.58. The van der Waals surface area contributed by atoms with Crippen molar-refractivity contribution >= 4 is 45.0 Å². The highest BCUT2D eigenvalue weighted by atomic mass is 79.9. The van der Waals surface area contributed by atoms with E-state index in [1.54, 1.807) is 11.4 Å². The van der Waals surface area contributed by atoms with Crippen LogP contribution in [0.15, 0.2) is 15.9 Å². The van der Waals surface area contributed by atoms with E-state index in [0.717, 1.165) is 0 Å². The van der Waals surface area contributed by atoms with Crippen LogP contribution in [0.3, 0.4) is 0 Å². The molecule has 1 aromatic rings. The summed E-state index contributed by atoms with van der Waals surface area (Å²) in [7, 11) is 0. The van der Waals surface area contributed by atoms with Gasteiger partial charge in [0.1, 0.15) is 10.9 Å². The molecule has 17 heavy (non-hydrogen) atoms. The minimum atomic E-state index is -0.630. The van der Waals surface area contributed by atoms with Crippen LogP contribution in [0.25, 0.3) is 0 Å². The maximum atomic E-state index is 11.8. The average molecular weight is 317 g/mol. The van der Waals surface area contributed by atoms with E-state index in [-0.39, 0.29) is 18.2 Å². The lowest BCUT2D eigenvalue weighted by Crippen LogP contribution is -2.52. The summed E-state index contributed by atoms with van der Waals surface area (Å²) in [6, 6.07) is 1.14. The molecule has 0 saturated carbocycles. The Kier molecular flexibility index (Phi) is 3.58. The number of piperidine rings is 1. The molecule has 1 atom stereocenters. The van der Waals surface area contributed by atoms with Gasteiger partial charge >= 0.3 is 0 Å². The first-order chi connectivity index (χ1) is 8.08. The van der Waals surface area contributed by atoms with Crippen LogP contribution in [0, 0.1) is 0 Å². The van der Waals surface area contributed by atoms with Crippen molar-refractivity contribution in [3.63, 3.8) is 0 Å². The second kappa shape index (κ2) is 4.97. The number of carbonyl (C=O) groups excluding carboxylic acids is 3. The molecule has 7 heteroatoms. The van der Waals surface area contributed by atoms with Gasteiger partial charge in [-0.15, -0.1) is 11.3 Å². The lowest BCUT2D eigenvalue weighted by atomic mass is 10.1. The molecule has 1 fully saturated rings. The third-order valence-corrected chi connectivity index (χ3v) is 4.20. The third kappa shape index (κ3) is 2.73. The highest BCUT2D eigenvalue weighted by molar-refractivity contribution is 9.10. The number of amides is 3.